The number of aryl methyl sites for hydroxylation is 1. The first-order valence-electron chi connectivity index (χ1n) is 11.5. The van der Waals surface area contributed by atoms with E-state index in [0.717, 1.165) is 23.9 Å². The van der Waals surface area contributed by atoms with Crippen LogP contribution in [0, 0.1) is 11.3 Å². The Bertz CT molecular complexity index is 1340. The summed E-state index contributed by atoms with van der Waals surface area (Å²) in [6.07, 6.45) is 0.778. The fourth-order valence-corrected chi connectivity index (χ4v) is 4.82. The van der Waals surface area contributed by atoms with E-state index in [1.54, 1.807) is 39.8 Å². The highest BCUT2D eigenvalue weighted by Gasteiger charge is 2.27. The summed E-state index contributed by atoms with van der Waals surface area (Å²) in [7, 11) is 3.98. The molecule has 2 aromatic carbocycles. The lowest BCUT2D eigenvalue weighted by Gasteiger charge is -2.37. The maximum Gasteiger partial charge on any atom is 0.271 e. The van der Waals surface area contributed by atoms with Crippen LogP contribution in [0.25, 0.3) is 10.9 Å². The van der Waals surface area contributed by atoms with Gasteiger partial charge in [0.2, 0.25) is 0 Å². The monoisotopic (exact) mass is 511 g/mol. The van der Waals surface area contributed by atoms with Gasteiger partial charge in [0.25, 0.3) is 11.5 Å². The lowest BCUT2D eigenvalue weighted by atomic mass is 10.1. The Hall–Kier alpha value is -3.05. The van der Waals surface area contributed by atoms with Crippen molar-refractivity contribution in [2.45, 2.75) is 13.0 Å². The van der Waals surface area contributed by atoms with Gasteiger partial charge in [0, 0.05) is 53.7 Å². The molecule has 0 aliphatic carbocycles. The average molecular weight is 512 g/mol. The van der Waals surface area contributed by atoms with Gasteiger partial charge in [0.1, 0.15) is 11.6 Å². The molecule has 1 amide bonds. The maximum absolute atomic E-state index is 13.4. The van der Waals surface area contributed by atoms with Gasteiger partial charge in [-0.1, -0.05) is 23.2 Å². The first kappa shape index (κ1) is 25.1. The van der Waals surface area contributed by atoms with Crippen LogP contribution in [0.3, 0.4) is 0 Å². The molecule has 182 valence electrons. The van der Waals surface area contributed by atoms with Crippen molar-refractivity contribution in [3.05, 3.63) is 74.0 Å². The highest BCUT2D eigenvalue weighted by Crippen LogP contribution is 2.32. The van der Waals surface area contributed by atoms with Gasteiger partial charge in [0.05, 0.1) is 11.2 Å². The molecule has 1 fully saturated rings. The second kappa shape index (κ2) is 10.7. The molecule has 0 unspecified atom stereocenters. The van der Waals surface area contributed by atoms with Gasteiger partial charge in [-0.3, -0.25) is 9.59 Å². The topological polar surface area (TPSA) is 72.6 Å². The minimum atomic E-state index is -0.296. The summed E-state index contributed by atoms with van der Waals surface area (Å²) in [5, 5.41) is 11.9. The quantitative estimate of drug-likeness (QED) is 0.498. The summed E-state index contributed by atoms with van der Waals surface area (Å²) in [6.45, 7) is 3.28. The molecule has 0 bridgehead atoms. The molecule has 0 radical (unpaired) electrons. The number of carbonyl (C=O) groups is 1. The van der Waals surface area contributed by atoms with E-state index in [-0.39, 0.29) is 17.0 Å². The van der Waals surface area contributed by atoms with E-state index in [9.17, 15) is 14.9 Å². The molecular formula is C26H27Cl2N5O2. The molecule has 0 spiro atoms. The number of nitriles is 1. The molecule has 1 saturated heterocycles. The smallest absolute Gasteiger partial charge is 0.271 e. The number of amides is 1. The molecule has 0 saturated carbocycles. The summed E-state index contributed by atoms with van der Waals surface area (Å²) in [6, 6.07) is 14.4. The van der Waals surface area contributed by atoms with Gasteiger partial charge in [-0.2, -0.15) is 5.26 Å². The van der Waals surface area contributed by atoms with E-state index in [2.05, 4.69) is 11.0 Å². The molecule has 2 heterocycles. The summed E-state index contributed by atoms with van der Waals surface area (Å²) >= 11 is 12.3. The highest BCUT2D eigenvalue weighted by atomic mass is 35.5. The standard InChI is InChI=1S/C26H27Cl2N5O2/c1-30(2)10-3-11-33-23-9-8-20(28)16-21(23)24(22(17-29)26(33)35)31-12-14-32(15-13-31)25(34)18-4-6-19(27)7-5-18/h4-9,16H,3,10-15H2,1-2H3. The number of nitrogens with zero attached hydrogens (tertiary/aromatic N) is 5. The van der Waals surface area contributed by atoms with E-state index < -0.39 is 0 Å². The lowest BCUT2D eigenvalue weighted by Crippen LogP contribution is -2.49. The predicted octanol–water partition coefficient (Wildman–Crippen LogP) is 4.09. The van der Waals surface area contributed by atoms with Crippen LogP contribution < -0.4 is 10.5 Å². The zero-order valence-corrected chi connectivity index (χ0v) is 21.3. The van der Waals surface area contributed by atoms with Crippen molar-refractivity contribution >= 4 is 45.7 Å². The minimum Gasteiger partial charge on any atom is -0.366 e. The number of fused-ring (bicyclic) bond motifs is 1. The number of hydrogen-bond acceptors (Lipinski definition) is 5. The Labute approximate surface area is 214 Å². The Morgan fingerprint density at radius 3 is 2.31 bits per heavy atom. The lowest BCUT2D eigenvalue weighted by molar-refractivity contribution is 0.0747. The minimum absolute atomic E-state index is 0.0639. The first-order chi connectivity index (χ1) is 16.8. The van der Waals surface area contributed by atoms with Crippen molar-refractivity contribution in [2.75, 3.05) is 51.7 Å². The molecule has 7 nitrogen and oxygen atoms in total. The van der Waals surface area contributed by atoms with Crippen LogP contribution in [-0.4, -0.2) is 67.1 Å². The van der Waals surface area contributed by atoms with Gasteiger partial charge >= 0.3 is 0 Å². The number of hydrogen-bond donors (Lipinski definition) is 0. The van der Waals surface area contributed by atoms with Crippen molar-refractivity contribution in [1.82, 2.24) is 14.4 Å². The normalized spacial score (nSPS) is 13.9. The summed E-state index contributed by atoms with van der Waals surface area (Å²) in [5.41, 5.74) is 1.75. The van der Waals surface area contributed by atoms with Crippen LogP contribution in [0.4, 0.5) is 5.69 Å². The summed E-state index contributed by atoms with van der Waals surface area (Å²) in [5.74, 6) is -0.0639. The highest BCUT2D eigenvalue weighted by molar-refractivity contribution is 6.31. The van der Waals surface area contributed by atoms with Gasteiger partial charge in [-0.25, -0.2) is 0 Å². The van der Waals surface area contributed by atoms with Crippen molar-refractivity contribution in [3.63, 3.8) is 0 Å². The number of anilines is 1. The Kier molecular flexibility index (Phi) is 7.66. The van der Waals surface area contributed by atoms with Gasteiger partial charge in [-0.05, 0) is 69.5 Å². The van der Waals surface area contributed by atoms with Crippen molar-refractivity contribution in [3.8, 4) is 6.07 Å². The van der Waals surface area contributed by atoms with Crippen LogP contribution in [0.15, 0.2) is 47.3 Å². The molecule has 0 N–H and O–H groups in total. The largest absolute Gasteiger partial charge is 0.366 e. The van der Waals surface area contributed by atoms with Crippen LogP contribution in [-0.2, 0) is 6.54 Å². The van der Waals surface area contributed by atoms with Gasteiger partial charge < -0.3 is 19.3 Å². The Morgan fingerprint density at radius 2 is 1.69 bits per heavy atom. The molecule has 4 rings (SSSR count). The number of rotatable bonds is 6. The second-order valence-electron chi connectivity index (χ2n) is 8.90. The number of pyridine rings is 1. The predicted molar refractivity (Wildman–Crippen MR) is 141 cm³/mol. The van der Waals surface area contributed by atoms with E-state index >= 15 is 0 Å². The molecule has 1 aliphatic rings. The van der Waals surface area contributed by atoms with Crippen LogP contribution >= 0.6 is 23.2 Å². The third-order valence-corrected chi connectivity index (χ3v) is 6.76. The SMILES string of the molecule is CN(C)CCCn1c(=O)c(C#N)c(N2CCN(C(=O)c3ccc(Cl)cc3)CC2)c2cc(Cl)ccc21. The zero-order valence-electron chi connectivity index (χ0n) is 19.8. The maximum atomic E-state index is 13.4. The zero-order chi connectivity index (χ0) is 25.1. The number of piperazine rings is 1. The third-order valence-electron chi connectivity index (χ3n) is 6.27. The molecule has 0 atom stereocenters. The van der Waals surface area contributed by atoms with Gasteiger partial charge in [-0.15, -0.1) is 0 Å². The van der Waals surface area contributed by atoms with E-state index in [1.165, 1.54) is 0 Å². The molecule has 3 aromatic rings. The van der Waals surface area contributed by atoms with E-state index in [0.29, 0.717) is 54.0 Å². The molecular weight excluding hydrogens is 485 g/mol. The summed E-state index contributed by atoms with van der Waals surface area (Å²) in [4.78, 5) is 32.2. The average Bonchev–Trinajstić information content (AvgIpc) is 2.85. The van der Waals surface area contributed by atoms with Crippen molar-refractivity contribution < 1.29 is 4.79 Å². The number of aromatic nitrogens is 1. The van der Waals surface area contributed by atoms with Crippen molar-refractivity contribution in [2.24, 2.45) is 0 Å². The van der Waals surface area contributed by atoms with E-state index in [4.69, 9.17) is 23.2 Å². The van der Waals surface area contributed by atoms with Crippen molar-refractivity contribution in [1.29, 1.82) is 5.26 Å². The molecule has 35 heavy (non-hydrogen) atoms. The summed E-state index contributed by atoms with van der Waals surface area (Å²) < 4.78 is 1.68. The number of benzene rings is 2. The van der Waals surface area contributed by atoms with Crippen LogP contribution in [0.1, 0.15) is 22.3 Å². The fourth-order valence-electron chi connectivity index (χ4n) is 4.52. The fraction of sp³-hybridized carbons (Fsp3) is 0.346. The van der Waals surface area contributed by atoms with E-state index in [1.807, 2.05) is 31.1 Å². The first-order valence-corrected chi connectivity index (χ1v) is 12.3. The Morgan fingerprint density at radius 1 is 1.03 bits per heavy atom. The third kappa shape index (κ3) is 5.30. The number of carbonyl (C=O) groups excluding carboxylic acids is 1. The van der Waals surface area contributed by atoms with Crippen LogP contribution in [0.2, 0.25) is 10.0 Å². The van der Waals surface area contributed by atoms with Crippen LogP contribution in [0.5, 0.6) is 0 Å². The molecule has 1 aliphatic heterocycles. The second-order valence-corrected chi connectivity index (χ2v) is 9.77. The molecule has 1 aromatic heterocycles. The van der Waals surface area contributed by atoms with Gasteiger partial charge in [0.15, 0.2) is 0 Å². The number of halogens is 2. The molecule has 9 heteroatoms. The Balaban J connectivity index is 1.66.